The molecule has 1 saturated heterocycles. The maximum Gasteiger partial charge on any atom is 0.104 e. The Morgan fingerprint density at radius 2 is 2.08 bits per heavy atom. The zero-order valence-corrected chi connectivity index (χ0v) is 8.82. The Morgan fingerprint density at radius 3 is 2.62 bits per heavy atom. The van der Waals surface area contributed by atoms with Crippen molar-refractivity contribution in [2.45, 2.75) is 12.5 Å². The number of ether oxygens (including phenoxy) is 2. The molecule has 0 N–H and O–H groups in total. The molecule has 1 aliphatic heterocycles. The van der Waals surface area contributed by atoms with Crippen molar-refractivity contribution < 1.29 is 9.47 Å². The fourth-order valence-corrected chi connectivity index (χ4v) is 0.974. The minimum absolute atomic E-state index is 0.395. The van der Waals surface area contributed by atoms with Gasteiger partial charge in [-0.3, -0.25) is 0 Å². The first-order valence-corrected chi connectivity index (χ1v) is 4.78. The van der Waals surface area contributed by atoms with Gasteiger partial charge in [0.25, 0.3) is 0 Å². The number of hydrazine groups is 1. The summed E-state index contributed by atoms with van der Waals surface area (Å²) in [6.07, 6.45) is 1.47. The second kappa shape index (κ2) is 5.54. The summed E-state index contributed by atoms with van der Waals surface area (Å²) in [6, 6.07) is 0. The molecule has 78 valence electrons. The highest BCUT2D eigenvalue weighted by Crippen LogP contribution is 2.08. The Labute approximate surface area is 80.4 Å². The van der Waals surface area contributed by atoms with E-state index in [4.69, 9.17) is 9.47 Å². The molecule has 0 aliphatic carbocycles. The molecule has 0 radical (unpaired) electrons. The molecule has 0 bridgehead atoms. The third-order valence-corrected chi connectivity index (χ3v) is 2.16. The minimum atomic E-state index is 0.395. The number of epoxide rings is 1. The van der Waals surface area contributed by atoms with Crippen LogP contribution in [0.3, 0.4) is 0 Å². The van der Waals surface area contributed by atoms with Gasteiger partial charge in [0, 0.05) is 34.3 Å². The second-order valence-electron chi connectivity index (χ2n) is 3.61. The van der Waals surface area contributed by atoms with Crippen molar-refractivity contribution in [3.8, 4) is 0 Å². The first-order valence-electron chi connectivity index (χ1n) is 4.78. The Morgan fingerprint density at radius 1 is 1.38 bits per heavy atom. The molecule has 0 aromatic heterocycles. The molecule has 4 nitrogen and oxygen atoms in total. The lowest BCUT2D eigenvalue weighted by Gasteiger charge is -2.23. The summed E-state index contributed by atoms with van der Waals surface area (Å²) in [5, 5.41) is 4.24. The van der Waals surface area contributed by atoms with Crippen LogP contribution in [0, 0.1) is 0 Å². The quantitative estimate of drug-likeness (QED) is 0.324. The fourth-order valence-electron chi connectivity index (χ4n) is 0.974. The van der Waals surface area contributed by atoms with Crippen molar-refractivity contribution in [1.29, 1.82) is 0 Å². The van der Waals surface area contributed by atoms with Crippen LogP contribution in [0.25, 0.3) is 0 Å². The minimum Gasteiger partial charge on any atom is -0.379 e. The molecule has 4 heteroatoms. The molecule has 1 unspecified atom stereocenters. The van der Waals surface area contributed by atoms with Crippen molar-refractivity contribution in [2.24, 2.45) is 0 Å². The lowest BCUT2D eigenvalue weighted by molar-refractivity contribution is 0.0390. The van der Waals surface area contributed by atoms with Crippen molar-refractivity contribution in [3.63, 3.8) is 0 Å². The molecule has 1 heterocycles. The predicted molar refractivity (Wildman–Crippen MR) is 51.5 cm³/mol. The van der Waals surface area contributed by atoms with Gasteiger partial charge in [0.1, 0.15) is 6.10 Å². The van der Waals surface area contributed by atoms with E-state index in [1.165, 1.54) is 0 Å². The van der Waals surface area contributed by atoms with E-state index in [1.807, 2.05) is 14.1 Å². The zero-order chi connectivity index (χ0) is 9.68. The van der Waals surface area contributed by atoms with Gasteiger partial charge in [-0.2, -0.15) is 0 Å². The highest BCUT2D eigenvalue weighted by Gasteiger charge is 2.21. The average Bonchev–Trinajstić information content (AvgIpc) is 2.87. The molecule has 1 fully saturated rings. The normalized spacial score (nSPS) is 21.5. The van der Waals surface area contributed by atoms with E-state index in [0.717, 1.165) is 32.8 Å². The van der Waals surface area contributed by atoms with E-state index in [1.54, 1.807) is 0 Å². The van der Waals surface area contributed by atoms with Crippen LogP contribution in [0.1, 0.15) is 6.42 Å². The average molecular weight is 188 g/mol. The smallest absolute Gasteiger partial charge is 0.104 e. The highest BCUT2D eigenvalue weighted by atomic mass is 16.6. The van der Waals surface area contributed by atoms with E-state index in [-0.39, 0.29) is 0 Å². The van der Waals surface area contributed by atoms with E-state index in [0.29, 0.717) is 6.10 Å². The predicted octanol–water partition coefficient (Wildman–Crippen LogP) is 0.200. The van der Waals surface area contributed by atoms with Crippen molar-refractivity contribution in [3.05, 3.63) is 0 Å². The number of rotatable bonds is 7. The van der Waals surface area contributed by atoms with Crippen LogP contribution >= 0.6 is 0 Å². The molecular formula is C9H20N2O2. The van der Waals surface area contributed by atoms with Gasteiger partial charge in [0.05, 0.1) is 13.2 Å². The van der Waals surface area contributed by atoms with Crippen LogP contribution in [0.5, 0.6) is 0 Å². The van der Waals surface area contributed by atoms with Gasteiger partial charge >= 0.3 is 0 Å². The Hall–Kier alpha value is -0.160. The molecular weight excluding hydrogens is 168 g/mol. The molecule has 0 spiro atoms. The standard InChI is InChI=1S/C9H20N2O2/c1-10(2)11(3)5-4-6-12-7-9-8-13-9/h9H,4-8H2,1-3H3. The molecule has 0 amide bonds. The van der Waals surface area contributed by atoms with Crippen LogP contribution in [0.15, 0.2) is 0 Å². The molecule has 1 rings (SSSR count). The van der Waals surface area contributed by atoms with Gasteiger partial charge in [-0.25, -0.2) is 10.0 Å². The third kappa shape index (κ3) is 5.21. The summed E-state index contributed by atoms with van der Waals surface area (Å²) in [7, 11) is 6.15. The maximum atomic E-state index is 5.42. The number of hydrogen-bond donors (Lipinski definition) is 0. The molecule has 0 aromatic rings. The van der Waals surface area contributed by atoms with Crippen LogP contribution in [-0.4, -0.2) is 63.6 Å². The summed E-state index contributed by atoms with van der Waals surface area (Å²) in [5.41, 5.74) is 0. The van der Waals surface area contributed by atoms with Crippen LogP contribution in [0.2, 0.25) is 0 Å². The van der Waals surface area contributed by atoms with Crippen molar-refractivity contribution >= 4 is 0 Å². The van der Waals surface area contributed by atoms with Crippen molar-refractivity contribution in [2.75, 3.05) is 47.5 Å². The maximum absolute atomic E-state index is 5.42. The lowest BCUT2D eigenvalue weighted by atomic mass is 10.4. The first kappa shape index (κ1) is 10.9. The molecule has 13 heavy (non-hydrogen) atoms. The third-order valence-electron chi connectivity index (χ3n) is 2.16. The van der Waals surface area contributed by atoms with Crippen LogP contribution in [0.4, 0.5) is 0 Å². The van der Waals surface area contributed by atoms with E-state index >= 15 is 0 Å². The topological polar surface area (TPSA) is 28.2 Å². The molecule has 1 atom stereocenters. The first-order chi connectivity index (χ1) is 6.20. The monoisotopic (exact) mass is 188 g/mol. The van der Waals surface area contributed by atoms with Gasteiger partial charge in [-0.15, -0.1) is 0 Å². The molecule has 1 aliphatic rings. The lowest BCUT2D eigenvalue weighted by Crippen LogP contribution is -2.34. The Kier molecular flexibility index (Phi) is 4.66. The van der Waals surface area contributed by atoms with Crippen LogP contribution in [-0.2, 0) is 9.47 Å². The molecule has 0 saturated carbocycles. The van der Waals surface area contributed by atoms with Crippen molar-refractivity contribution in [1.82, 2.24) is 10.0 Å². The molecule has 0 aromatic carbocycles. The SMILES string of the molecule is CN(C)N(C)CCCOCC1CO1. The number of hydrogen-bond acceptors (Lipinski definition) is 4. The van der Waals surface area contributed by atoms with E-state index in [9.17, 15) is 0 Å². The largest absolute Gasteiger partial charge is 0.379 e. The van der Waals surface area contributed by atoms with Gasteiger partial charge in [0.15, 0.2) is 0 Å². The fraction of sp³-hybridized carbons (Fsp3) is 1.00. The summed E-state index contributed by atoms with van der Waals surface area (Å²) in [6.45, 7) is 3.53. The highest BCUT2D eigenvalue weighted by molar-refractivity contribution is 4.67. The second-order valence-corrected chi connectivity index (χ2v) is 3.61. The van der Waals surface area contributed by atoms with Gasteiger partial charge in [-0.05, 0) is 6.42 Å². The summed E-state index contributed by atoms with van der Waals surface area (Å²) in [4.78, 5) is 0. The summed E-state index contributed by atoms with van der Waals surface area (Å²) >= 11 is 0. The van der Waals surface area contributed by atoms with E-state index < -0.39 is 0 Å². The van der Waals surface area contributed by atoms with E-state index in [2.05, 4.69) is 17.1 Å². The summed E-state index contributed by atoms with van der Waals surface area (Å²) < 4.78 is 10.4. The zero-order valence-electron chi connectivity index (χ0n) is 8.82. The van der Waals surface area contributed by atoms with Gasteiger partial charge in [0.2, 0.25) is 0 Å². The Bertz CT molecular complexity index is 138. The van der Waals surface area contributed by atoms with Gasteiger partial charge < -0.3 is 9.47 Å². The number of nitrogens with zero attached hydrogens (tertiary/aromatic N) is 2. The summed E-state index contributed by atoms with van der Waals surface area (Å²) in [5.74, 6) is 0. The Balaban J connectivity index is 1.82. The van der Waals surface area contributed by atoms with Crippen LogP contribution < -0.4 is 0 Å². The van der Waals surface area contributed by atoms with Gasteiger partial charge in [-0.1, -0.05) is 0 Å².